The molecule has 0 saturated carbocycles. The number of thiophene rings is 1. The number of hydrogen-bond acceptors (Lipinski definition) is 3. The number of hydrogen-bond donors (Lipinski definition) is 0. The molecule has 1 aromatic heterocycles. The molecule has 7 aromatic rings. The van der Waals surface area contributed by atoms with Gasteiger partial charge in [-0.15, -0.1) is 11.3 Å². The van der Waals surface area contributed by atoms with Crippen molar-refractivity contribution < 1.29 is 39.5 Å². The predicted octanol–water partition coefficient (Wildman–Crippen LogP) is 10.7. The van der Waals surface area contributed by atoms with Crippen LogP contribution >= 0.6 is 11.3 Å². The molecule has 0 fully saturated rings. The van der Waals surface area contributed by atoms with Crippen LogP contribution in [0.2, 0.25) is 0 Å². The number of halogens is 9. The SMILES string of the molecule is Cc1cc(-c2ccc3c(c2)c(=O)c2sc4c(=O)c5cc(-c6cc(C(F)(F)F)cc(C(F)(F)F)c6)ccc5c4c23)cc(C(F)(F)F)c1. The van der Waals surface area contributed by atoms with E-state index in [2.05, 4.69) is 0 Å². The maximum atomic E-state index is 13.5. The zero-order chi connectivity index (χ0) is 33.1. The van der Waals surface area contributed by atoms with Crippen LogP contribution < -0.4 is 10.9 Å². The third kappa shape index (κ3) is 4.65. The third-order valence-corrected chi connectivity index (χ3v) is 9.23. The smallest absolute Gasteiger partial charge is 0.288 e. The fourth-order valence-electron chi connectivity index (χ4n) is 6.00. The van der Waals surface area contributed by atoms with Crippen molar-refractivity contribution in [2.24, 2.45) is 0 Å². The first-order chi connectivity index (χ1) is 21.4. The summed E-state index contributed by atoms with van der Waals surface area (Å²) in [4.78, 5) is 27.0. The monoisotopic (exact) mass is 658 g/mol. The van der Waals surface area contributed by atoms with Crippen LogP contribution in [0.4, 0.5) is 39.5 Å². The highest BCUT2D eigenvalue weighted by Gasteiger charge is 2.37. The highest BCUT2D eigenvalue weighted by Crippen LogP contribution is 2.44. The fraction of sp³-hybridized carbons (Fsp3) is 0.118. The van der Waals surface area contributed by atoms with Gasteiger partial charge in [0, 0.05) is 21.5 Å². The summed E-state index contributed by atoms with van der Waals surface area (Å²) in [7, 11) is 0. The van der Waals surface area contributed by atoms with Crippen LogP contribution in [0.1, 0.15) is 22.3 Å². The summed E-state index contributed by atoms with van der Waals surface area (Å²) in [5, 5.41) is 1.98. The Kier molecular flexibility index (Phi) is 6.29. The molecule has 0 aliphatic heterocycles. The lowest BCUT2D eigenvalue weighted by Crippen LogP contribution is -2.11. The van der Waals surface area contributed by atoms with Gasteiger partial charge in [0.25, 0.3) is 0 Å². The molecule has 0 amide bonds. The predicted molar refractivity (Wildman–Crippen MR) is 160 cm³/mol. The molecule has 0 unspecified atom stereocenters. The lowest BCUT2D eigenvalue weighted by molar-refractivity contribution is -0.143. The van der Waals surface area contributed by atoms with E-state index in [4.69, 9.17) is 0 Å². The van der Waals surface area contributed by atoms with Crippen molar-refractivity contribution in [2.75, 3.05) is 0 Å². The van der Waals surface area contributed by atoms with Crippen molar-refractivity contribution in [1.29, 1.82) is 0 Å². The van der Waals surface area contributed by atoms with E-state index in [-0.39, 0.29) is 42.9 Å². The van der Waals surface area contributed by atoms with E-state index < -0.39 is 46.1 Å². The van der Waals surface area contributed by atoms with Gasteiger partial charge in [-0.3, -0.25) is 9.59 Å². The molecule has 6 aromatic carbocycles. The van der Waals surface area contributed by atoms with E-state index in [1.54, 1.807) is 18.2 Å². The van der Waals surface area contributed by atoms with Crippen LogP contribution in [0.3, 0.4) is 0 Å². The average Bonchev–Trinajstić information content (AvgIpc) is 3.58. The topological polar surface area (TPSA) is 34.1 Å². The molecule has 46 heavy (non-hydrogen) atoms. The average molecular weight is 659 g/mol. The minimum absolute atomic E-state index is 0.0247. The van der Waals surface area contributed by atoms with Gasteiger partial charge in [0.2, 0.25) is 10.9 Å². The quantitative estimate of drug-likeness (QED) is 0.173. The molecule has 7 rings (SSSR count). The Morgan fingerprint density at radius 3 is 1.26 bits per heavy atom. The first kappa shape index (κ1) is 30.0. The van der Waals surface area contributed by atoms with E-state index in [9.17, 15) is 49.1 Å². The number of fused-ring (bicyclic) bond motifs is 7. The highest BCUT2D eigenvalue weighted by molar-refractivity contribution is 7.26. The summed E-state index contributed by atoms with van der Waals surface area (Å²) >= 11 is 0.918. The molecule has 232 valence electrons. The van der Waals surface area contributed by atoms with Gasteiger partial charge < -0.3 is 0 Å². The Morgan fingerprint density at radius 1 is 0.457 bits per heavy atom. The van der Waals surface area contributed by atoms with Crippen molar-refractivity contribution >= 4 is 53.1 Å². The van der Waals surface area contributed by atoms with Crippen molar-refractivity contribution in [3.05, 3.63) is 115 Å². The van der Waals surface area contributed by atoms with Crippen LogP contribution in [-0.4, -0.2) is 0 Å². The molecule has 12 heteroatoms. The van der Waals surface area contributed by atoms with Gasteiger partial charge in [-0.25, -0.2) is 0 Å². The molecule has 0 bridgehead atoms. The van der Waals surface area contributed by atoms with Gasteiger partial charge in [-0.1, -0.05) is 30.3 Å². The van der Waals surface area contributed by atoms with Gasteiger partial charge >= 0.3 is 18.5 Å². The molecular weight excluding hydrogens is 643 g/mol. The minimum Gasteiger partial charge on any atom is -0.288 e. The van der Waals surface area contributed by atoms with Gasteiger partial charge in [0.1, 0.15) is 0 Å². The molecule has 1 heterocycles. The summed E-state index contributed by atoms with van der Waals surface area (Å²) in [6.07, 6.45) is -14.7. The lowest BCUT2D eigenvalue weighted by atomic mass is 9.97. The Hall–Kier alpha value is -4.71. The molecule has 0 saturated heterocycles. The van der Waals surface area contributed by atoms with Crippen LogP contribution in [0.5, 0.6) is 0 Å². The van der Waals surface area contributed by atoms with Crippen LogP contribution in [-0.2, 0) is 18.5 Å². The summed E-state index contributed by atoms with van der Waals surface area (Å²) in [5.74, 6) is 0. The Labute approximate surface area is 255 Å². The summed E-state index contributed by atoms with van der Waals surface area (Å²) in [6, 6.07) is 13.4. The Balaban J connectivity index is 1.42. The molecular formula is C34H15F9O2S. The van der Waals surface area contributed by atoms with E-state index in [0.29, 0.717) is 44.8 Å². The number of aryl methyl sites for hydroxylation is 1. The molecule has 2 nitrogen and oxygen atoms in total. The van der Waals surface area contributed by atoms with E-state index in [1.165, 1.54) is 31.2 Å². The highest BCUT2D eigenvalue weighted by atomic mass is 32.1. The molecule has 0 N–H and O–H groups in total. The van der Waals surface area contributed by atoms with Gasteiger partial charge in [0.15, 0.2) is 0 Å². The maximum Gasteiger partial charge on any atom is 0.416 e. The number of benzene rings is 4. The maximum absolute atomic E-state index is 13.5. The van der Waals surface area contributed by atoms with Crippen LogP contribution in [0, 0.1) is 6.92 Å². The summed E-state index contributed by atoms with van der Waals surface area (Å²) < 4.78 is 122. The zero-order valence-electron chi connectivity index (χ0n) is 23.1. The van der Waals surface area contributed by atoms with Gasteiger partial charge in [-0.2, -0.15) is 39.5 Å². The van der Waals surface area contributed by atoms with E-state index >= 15 is 0 Å². The molecule has 0 aliphatic carbocycles. The normalized spacial score (nSPS) is 13.2. The second-order valence-corrected chi connectivity index (χ2v) is 12.1. The standard InChI is InChI=1S/C34H15F9O2S/c1-14-6-17(8-19(7-14)32(35,36)37)15-2-4-22-24(11-15)28(44)30-26(22)27-23-5-3-16(12-25(23)29(45)31(27)46-30)18-9-20(33(38,39)40)13-21(10-18)34(41,42)43/h2-13H,1H3. The van der Waals surface area contributed by atoms with Crippen molar-refractivity contribution in [2.45, 2.75) is 25.5 Å². The second kappa shape index (κ2) is 9.65. The number of rotatable bonds is 2. The van der Waals surface area contributed by atoms with Crippen LogP contribution in [0.25, 0.3) is 64.0 Å². The van der Waals surface area contributed by atoms with Crippen molar-refractivity contribution in [3.63, 3.8) is 0 Å². The van der Waals surface area contributed by atoms with E-state index in [1.807, 2.05) is 0 Å². The second-order valence-electron chi connectivity index (χ2n) is 11.1. The lowest BCUT2D eigenvalue weighted by Gasteiger charge is -2.14. The third-order valence-electron chi connectivity index (χ3n) is 8.05. The first-order valence-electron chi connectivity index (χ1n) is 13.5. The van der Waals surface area contributed by atoms with E-state index in [0.717, 1.165) is 23.5 Å². The first-order valence-corrected chi connectivity index (χ1v) is 14.3. The zero-order valence-corrected chi connectivity index (χ0v) is 23.9. The molecule has 0 aliphatic rings. The largest absolute Gasteiger partial charge is 0.416 e. The number of alkyl halides is 9. The fourth-order valence-corrected chi connectivity index (χ4v) is 7.24. The molecule has 0 radical (unpaired) electrons. The van der Waals surface area contributed by atoms with Gasteiger partial charge in [0.05, 0.1) is 26.1 Å². The van der Waals surface area contributed by atoms with Crippen LogP contribution in [0.15, 0.2) is 82.4 Å². The Bertz CT molecular complexity index is 2460. The summed E-state index contributed by atoms with van der Waals surface area (Å²) in [5.41, 5.74) is -4.14. The summed E-state index contributed by atoms with van der Waals surface area (Å²) in [6.45, 7) is 1.53. The Morgan fingerprint density at radius 2 is 0.848 bits per heavy atom. The minimum atomic E-state index is -5.05. The molecule has 0 atom stereocenters. The van der Waals surface area contributed by atoms with Crippen molar-refractivity contribution in [3.8, 4) is 22.3 Å². The van der Waals surface area contributed by atoms with Crippen molar-refractivity contribution in [1.82, 2.24) is 0 Å². The van der Waals surface area contributed by atoms with Gasteiger partial charge in [-0.05, 0) is 88.0 Å². The molecule has 0 spiro atoms.